The van der Waals surface area contributed by atoms with Crippen LogP contribution in [0.3, 0.4) is 0 Å². The minimum absolute atomic E-state index is 0. The maximum absolute atomic E-state index is 13.3. The van der Waals surface area contributed by atoms with E-state index in [-0.39, 0.29) is 126 Å². The topological polar surface area (TPSA) is 207 Å². The van der Waals surface area contributed by atoms with E-state index in [1.165, 1.54) is 270 Å². The number of nitrogens with one attached hydrogen (secondary N) is 2. The first-order valence-corrected chi connectivity index (χ1v) is 48.0. The van der Waals surface area contributed by atoms with Crippen molar-refractivity contribution in [3.05, 3.63) is 0 Å². The van der Waals surface area contributed by atoms with E-state index in [1.807, 2.05) is 0 Å². The minimum Gasteiger partial charge on any atom is -1.00 e. The maximum Gasteiger partial charge on any atom is 1.00 e. The smallest absolute Gasteiger partial charge is 1.00 e. The molecule has 6 atom stereocenters. The van der Waals surface area contributed by atoms with E-state index in [2.05, 4.69) is 52.2 Å². The van der Waals surface area contributed by atoms with Crippen LogP contribution < -0.4 is 69.7 Å². The Bertz CT molecular complexity index is 1760. The van der Waals surface area contributed by atoms with Crippen LogP contribution in [0.25, 0.3) is 0 Å². The molecule has 0 aromatic heterocycles. The van der Waals surface area contributed by atoms with Gasteiger partial charge in [0.25, 0.3) is 0 Å². The van der Waals surface area contributed by atoms with Gasteiger partial charge in [-0.3, -0.25) is 27.7 Å². The van der Waals surface area contributed by atoms with Gasteiger partial charge in [-0.25, -0.2) is 9.13 Å². The third kappa shape index (κ3) is 84.4. The molecule has 106 heavy (non-hydrogen) atoms. The summed E-state index contributed by atoms with van der Waals surface area (Å²) in [6.07, 6.45) is 72.8. The number of hydrogen-bond donors (Lipinski definition) is 4. The maximum atomic E-state index is 13.3. The molecule has 16 nitrogen and oxygen atoms in total. The van der Waals surface area contributed by atoms with Crippen molar-refractivity contribution in [1.29, 1.82) is 0 Å². The molecule has 0 radical (unpaired) electrons. The number of amides is 2. The van der Waals surface area contributed by atoms with Gasteiger partial charge in [0.1, 0.15) is 0 Å². The van der Waals surface area contributed by atoms with Crippen molar-refractivity contribution >= 4 is 27.5 Å². The predicted octanol–water partition coefficient (Wildman–Crippen LogP) is 20.3. The van der Waals surface area contributed by atoms with Crippen molar-refractivity contribution in [1.82, 2.24) is 10.6 Å². The van der Waals surface area contributed by atoms with E-state index in [4.69, 9.17) is 37.0 Å². The Hall–Kier alpha value is 1.000. The van der Waals surface area contributed by atoms with Crippen LogP contribution in [-0.4, -0.2) is 112 Å². The molecule has 626 valence electrons. The zero-order valence-corrected chi connectivity index (χ0v) is 77.1. The summed E-state index contributed by atoms with van der Waals surface area (Å²) in [6.45, 7) is 15.9. The van der Waals surface area contributed by atoms with Crippen LogP contribution in [-0.2, 0) is 55.8 Å². The summed E-state index contributed by atoms with van der Waals surface area (Å²) in [7, 11) is -8.86. The Morgan fingerprint density at radius 1 is 0.274 bits per heavy atom. The Balaban J connectivity index is -0.00000884. The normalized spacial score (nSPS) is 13.9. The van der Waals surface area contributed by atoms with Gasteiger partial charge < -0.3 is 42.2 Å². The van der Waals surface area contributed by atoms with Crippen molar-refractivity contribution in [2.24, 2.45) is 0 Å². The Morgan fingerprint density at radius 2 is 0.491 bits per heavy atom. The average Bonchev–Trinajstić information content (AvgIpc) is 0.918. The van der Waals surface area contributed by atoms with Crippen LogP contribution >= 0.6 is 15.6 Å². The summed E-state index contributed by atoms with van der Waals surface area (Å²) in [4.78, 5) is 48.2. The van der Waals surface area contributed by atoms with Gasteiger partial charge in [-0.05, 0) is 64.2 Å². The molecule has 0 saturated carbocycles. The first-order chi connectivity index (χ1) is 50.8. The number of hydrogen-bond acceptors (Lipinski definition) is 12. The molecule has 4 unspecified atom stereocenters. The molecular weight excluding hydrogens is 1390 g/mol. The molecular formula is C86H176N2Na2O14P2. The number of phosphoric ester groups is 2. The van der Waals surface area contributed by atoms with Gasteiger partial charge in [0.05, 0.1) is 63.9 Å². The van der Waals surface area contributed by atoms with Gasteiger partial charge in [0.15, 0.2) is 0 Å². The fraction of sp³-hybridized carbons (Fsp3) is 0.977. The van der Waals surface area contributed by atoms with E-state index in [0.29, 0.717) is 38.9 Å². The molecule has 0 rings (SSSR count). The second-order valence-corrected chi connectivity index (χ2v) is 33.8. The van der Waals surface area contributed by atoms with Crippen molar-refractivity contribution in [2.75, 3.05) is 66.1 Å². The van der Waals surface area contributed by atoms with Crippen molar-refractivity contribution < 1.29 is 128 Å². The second-order valence-electron chi connectivity index (χ2n) is 30.9. The Morgan fingerprint density at radius 3 is 0.745 bits per heavy atom. The summed E-state index contributed by atoms with van der Waals surface area (Å²) < 4.78 is 73.7. The Labute approximate surface area is 703 Å². The van der Waals surface area contributed by atoms with Gasteiger partial charge in [0, 0.05) is 39.3 Å². The van der Waals surface area contributed by atoms with E-state index in [0.717, 1.165) is 129 Å². The zero-order chi connectivity index (χ0) is 75.9. The molecule has 0 bridgehead atoms. The zero-order valence-electron chi connectivity index (χ0n) is 73.3. The van der Waals surface area contributed by atoms with Crippen LogP contribution in [0.1, 0.15) is 455 Å². The quantitative estimate of drug-likeness (QED) is 0.0254. The largest absolute Gasteiger partial charge is 1.00 e. The first kappa shape index (κ1) is 111. The standard InChI is InChI=1S/C86H174N2O14P2.2Na.2H/c1-7-13-19-25-29-33-37-39-43-51-59-67-85(89)87-81(77-95-75-69-83(65-57-49-23-17-11-5)97-71-61-53-45-41-35-31-27-21-15-9-3)79-101-103(91,92)99-73-63-55-47-48-56-64-74-100-104(93,94)102-80-82(88-86(90)68-60-52-44-40-38-34-30-26-20-14-8-2)78-96-76-70-84(66-58-50-24-18-12-6)98-72-62-54-46-42-36-32-28-22-16-10-4;;;;/h81-84H,7-80H2,1-6H3,(H,87,89)(H,88,90)(H,91,92)(H,93,94);;;;/q;2*+1;2*-1/t81?,82?,83-,84-;;;;/m1..../s1. The summed E-state index contributed by atoms with van der Waals surface area (Å²) >= 11 is 0. The second kappa shape index (κ2) is 88.4. The van der Waals surface area contributed by atoms with Crippen LogP contribution in [0.5, 0.6) is 0 Å². The monoisotopic (exact) mass is 1570 g/mol. The predicted molar refractivity (Wildman–Crippen MR) is 440 cm³/mol. The number of rotatable bonds is 89. The molecule has 0 saturated heterocycles. The van der Waals surface area contributed by atoms with Gasteiger partial charge in [-0.2, -0.15) is 0 Å². The SMILES string of the molecule is CCCCCCCCCCCCCC(=O)NC(COCC[C@@H](CCCCCCC)OCCCCCCCCCCCC)COP(=O)(O)OCCCCCCCCOP(=O)(O)OCC(COCC[C@@H](CCCCCCC)OCCCCCCCCCCCC)NC(=O)CCCCCCCCCCCCC.[H-].[H-].[Na+].[Na+]. The van der Waals surface area contributed by atoms with Crippen LogP contribution in [0, 0.1) is 0 Å². The van der Waals surface area contributed by atoms with E-state index in [1.54, 1.807) is 0 Å². The molecule has 0 heterocycles. The number of unbranched alkanes of at least 4 members (excludes halogenated alkanes) is 51. The van der Waals surface area contributed by atoms with Gasteiger partial charge in [-0.1, -0.05) is 375 Å². The molecule has 2 amide bonds. The summed E-state index contributed by atoms with van der Waals surface area (Å²) in [5, 5.41) is 6.09. The molecule has 0 aliphatic rings. The molecule has 0 aliphatic heterocycles. The average molecular weight is 1570 g/mol. The van der Waals surface area contributed by atoms with Gasteiger partial charge in [-0.15, -0.1) is 0 Å². The molecule has 0 fully saturated rings. The fourth-order valence-corrected chi connectivity index (χ4v) is 15.2. The third-order valence-corrected chi connectivity index (χ3v) is 22.4. The molecule has 0 aromatic rings. The number of carbonyl (C=O) groups excluding carboxylic acids is 2. The van der Waals surface area contributed by atoms with Crippen LogP contribution in [0.4, 0.5) is 0 Å². The fourth-order valence-electron chi connectivity index (χ4n) is 13.6. The molecule has 0 aromatic carbocycles. The van der Waals surface area contributed by atoms with Gasteiger partial charge in [0.2, 0.25) is 11.8 Å². The van der Waals surface area contributed by atoms with Crippen LogP contribution in [0.15, 0.2) is 0 Å². The van der Waals surface area contributed by atoms with Crippen molar-refractivity contribution in [3.8, 4) is 0 Å². The molecule has 20 heteroatoms. The molecule has 0 aliphatic carbocycles. The van der Waals surface area contributed by atoms with Crippen molar-refractivity contribution in [3.63, 3.8) is 0 Å². The molecule has 0 spiro atoms. The summed E-state index contributed by atoms with van der Waals surface area (Å²) in [6, 6.07) is -1.25. The minimum atomic E-state index is -4.43. The number of carbonyl (C=O) groups is 2. The van der Waals surface area contributed by atoms with E-state index in [9.17, 15) is 28.5 Å². The third-order valence-electron chi connectivity index (χ3n) is 20.4. The van der Waals surface area contributed by atoms with Crippen molar-refractivity contribution in [2.45, 2.75) is 477 Å². The first-order valence-electron chi connectivity index (χ1n) is 45.1. The molecule has 4 N–H and O–H groups in total. The Kier molecular flexibility index (Phi) is 92.7. The van der Waals surface area contributed by atoms with Gasteiger partial charge >= 0.3 is 74.8 Å². The van der Waals surface area contributed by atoms with E-state index >= 15 is 0 Å². The summed E-state index contributed by atoms with van der Waals surface area (Å²) in [5.74, 6) is -0.229. The summed E-state index contributed by atoms with van der Waals surface area (Å²) in [5.41, 5.74) is 0. The number of phosphoric acid groups is 2. The number of ether oxygens (including phenoxy) is 4. The van der Waals surface area contributed by atoms with E-state index < -0.39 is 27.7 Å². The van der Waals surface area contributed by atoms with Crippen LogP contribution in [0.2, 0.25) is 0 Å².